The monoisotopic (exact) mass is 385 g/mol. The summed E-state index contributed by atoms with van der Waals surface area (Å²) in [6, 6.07) is 25.2. The van der Waals surface area contributed by atoms with Crippen LogP contribution in [0.2, 0.25) is 0 Å². The van der Waals surface area contributed by atoms with Crippen LogP contribution in [0, 0.1) is 0 Å². The van der Waals surface area contributed by atoms with Crippen molar-refractivity contribution in [2.45, 2.75) is 25.9 Å². The number of hydrogen-bond acceptors (Lipinski definition) is 2. The van der Waals surface area contributed by atoms with Crippen LogP contribution in [0.1, 0.15) is 23.1 Å². The van der Waals surface area contributed by atoms with Crippen molar-refractivity contribution in [2.24, 2.45) is 0 Å². The lowest BCUT2D eigenvalue weighted by Gasteiger charge is -2.30. The molecule has 5 heteroatoms. The molecule has 5 nitrogen and oxygen atoms in total. The molecule has 0 saturated carbocycles. The maximum atomic E-state index is 12.5. The maximum absolute atomic E-state index is 12.5. The lowest BCUT2D eigenvalue weighted by atomic mass is 9.99. The molecule has 3 amide bonds. The van der Waals surface area contributed by atoms with E-state index in [0.29, 0.717) is 25.9 Å². The Balaban J connectivity index is 1.43. The fourth-order valence-corrected chi connectivity index (χ4v) is 3.53. The number of nitrogens with zero attached hydrogens (tertiary/aromatic N) is 1. The van der Waals surface area contributed by atoms with Crippen LogP contribution in [-0.2, 0) is 24.3 Å². The van der Waals surface area contributed by atoms with E-state index in [1.165, 1.54) is 0 Å². The zero-order valence-electron chi connectivity index (χ0n) is 16.1. The second kappa shape index (κ2) is 8.61. The van der Waals surface area contributed by atoms with Crippen molar-refractivity contribution in [3.8, 4) is 0 Å². The highest BCUT2D eigenvalue weighted by molar-refractivity contribution is 5.97. The summed E-state index contributed by atoms with van der Waals surface area (Å²) >= 11 is 0. The van der Waals surface area contributed by atoms with Gasteiger partial charge in [0.15, 0.2) is 0 Å². The fraction of sp³-hybridized carbons (Fsp3) is 0.167. The van der Waals surface area contributed by atoms with Crippen LogP contribution in [-0.4, -0.2) is 11.9 Å². The van der Waals surface area contributed by atoms with E-state index in [9.17, 15) is 9.59 Å². The number of carbonyl (C=O) groups excluding carboxylic acids is 2. The first-order valence-corrected chi connectivity index (χ1v) is 9.75. The zero-order valence-corrected chi connectivity index (χ0v) is 16.1. The summed E-state index contributed by atoms with van der Waals surface area (Å²) in [4.78, 5) is 26.5. The number of urea groups is 1. The molecule has 1 aliphatic rings. The minimum absolute atomic E-state index is 0.127. The lowest BCUT2D eigenvalue weighted by Crippen LogP contribution is -2.34. The van der Waals surface area contributed by atoms with Crippen LogP contribution in [0.4, 0.5) is 16.2 Å². The van der Waals surface area contributed by atoms with Crippen LogP contribution < -0.4 is 15.5 Å². The molecule has 2 N–H and O–H groups in total. The normalized spacial score (nSPS) is 13.0. The van der Waals surface area contributed by atoms with Crippen molar-refractivity contribution in [3.63, 3.8) is 0 Å². The molecule has 0 unspecified atom stereocenters. The first-order chi connectivity index (χ1) is 14.2. The highest BCUT2D eigenvalue weighted by atomic mass is 16.2. The number of carbonyl (C=O) groups is 2. The zero-order chi connectivity index (χ0) is 20.1. The van der Waals surface area contributed by atoms with E-state index in [4.69, 9.17) is 0 Å². The minimum atomic E-state index is -0.248. The molecule has 3 aromatic rings. The Morgan fingerprint density at radius 3 is 2.28 bits per heavy atom. The Morgan fingerprint density at radius 1 is 0.862 bits per heavy atom. The minimum Gasteiger partial charge on any atom is -0.334 e. The summed E-state index contributed by atoms with van der Waals surface area (Å²) in [6.45, 7) is 1.02. The average molecular weight is 385 g/mol. The molecule has 0 spiro atoms. The van der Waals surface area contributed by atoms with Crippen molar-refractivity contribution in [3.05, 3.63) is 95.6 Å². The molecule has 0 bridgehead atoms. The van der Waals surface area contributed by atoms with Crippen molar-refractivity contribution in [1.82, 2.24) is 5.32 Å². The Kier molecular flexibility index (Phi) is 5.56. The summed E-state index contributed by atoms with van der Waals surface area (Å²) in [5.41, 5.74) is 4.85. The second-order valence-electron chi connectivity index (χ2n) is 7.10. The van der Waals surface area contributed by atoms with Gasteiger partial charge in [-0.05, 0) is 41.3 Å². The summed E-state index contributed by atoms with van der Waals surface area (Å²) in [5, 5.41) is 5.75. The maximum Gasteiger partial charge on any atom is 0.319 e. The smallest absolute Gasteiger partial charge is 0.319 e. The molecular weight excluding hydrogens is 362 g/mol. The average Bonchev–Trinajstić information content (AvgIpc) is 2.76. The van der Waals surface area contributed by atoms with Gasteiger partial charge in [0.2, 0.25) is 5.91 Å². The lowest BCUT2D eigenvalue weighted by molar-refractivity contribution is -0.119. The molecule has 0 aliphatic carbocycles. The summed E-state index contributed by atoms with van der Waals surface area (Å²) in [6.07, 6.45) is 1.16. The number of aryl methyl sites for hydroxylation is 1. The van der Waals surface area contributed by atoms with Crippen LogP contribution in [0.5, 0.6) is 0 Å². The van der Waals surface area contributed by atoms with Gasteiger partial charge in [0.05, 0.1) is 6.54 Å². The van der Waals surface area contributed by atoms with Gasteiger partial charge < -0.3 is 15.5 Å². The van der Waals surface area contributed by atoms with E-state index in [1.54, 1.807) is 0 Å². The second-order valence-corrected chi connectivity index (χ2v) is 7.10. The number of nitrogens with one attached hydrogen (secondary N) is 2. The van der Waals surface area contributed by atoms with E-state index in [1.807, 2.05) is 83.8 Å². The van der Waals surface area contributed by atoms with Gasteiger partial charge in [-0.15, -0.1) is 0 Å². The van der Waals surface area contributed by atoms with Gasteiger partial charge in [0.25, 0.3) is 0 Å². The van der Waals surface area contributed by atoms with E-state index in [2.05, 4.69) is 10.6 Å². The predicted octanol–water partition coefficient (Wildman–Crippen LogP) is 4.49. The molecule has 1 aliphatic heterocycles. The van der Waals surface area contributed by atoms with Gasteiger partial charge in [-0.3, -0.25) is 4.79 Å². The number of amides is 3. The number of rotatable bonds is 5. The summed E-state index contributed by atoms with van der Waals surface area (Å²) in [7, 11) is 0. The van der Waals surface area contributed by atoms with Gasteiger partial charge in [-0.25, -0.2) is 4.79 Å². The molecule has 29 heavy (non-hydrogen) atoms. The molecule has 3 aromatic carbocycles. The Morgan fingerprint density at radius 2 is 1.55 bits per heavy atom. The molecule has 0 aromatic heterocycles. The third-order valence-corrected chi connectivity index (χ3v) is 5.02. The molecule has 0 radical (unpaired) electrons. The van der Waals surface area contributed by atoms with E-state index < -0.39 is 0 Å². The fourth-order valence-electron chi connectivity index (χ4n) is 3.53. The Hall–Kier alpha value is -3.60. The van der Waals surface area contributed by atoms with Crippen LogP contribution in [0.25, 0.3) is 0 Å². The Bertz CT molecular complexity index is 1000. The highest BCUT2D eigenvalue weighted by Crippen LogP contribution is 2.31. The third kappa shape index (κ3) is 4.63. The van der Waals surface area contributed by atoms with Crippen LogP contribution in [0.3, 0.4) is 0 Å². The molecule has 146 valence electrons. The molecule has 4 rings (SSSR count). The van der Waals surface area contributed by atoms with Crippen molar-refractivity contribution >= 4 is 23.3 Å². The number of fused-ring (bicyclic) bond motifs is 1. The van der Waals surface area contributed by atoms with E-state index in [0.717, 1.165) is 28.1 Å². The molecule has 0 saturated heterocycles. The van der Waals surface area contributed by atoms with E-state index >= 15 is 0 Å². The molecule has 0 fully saturated rings. The number of hydrogen-bond donors (Lipinski definition) is 2. The third-order valence-electron chi connectivity index (χ3n) is 5.02. The summed E-state index contributed by atoms with van der Waals surface area (Å²) < 4.78 is 0. The molecular formula is C24H23N3O2. The van der Waals surface area contributed by atoms with E-state index in [-0.39, 0.29) is 11.9 Å². The van der Waals surface area contributed by atoms with Gasteiger partial charge in [-0.1, -0.05) is 60.7 Å². The topological polar surface area (TPSA) is 61.4 Å². The SMILES string of the molecule is O=C(NCc1ccccc1)Nc1ccc2c(c1)CCC(=O)N2Cc1ccccc1. The van der Waals surface area contributed by atoms with Gasteiger partial charge in [-0.2, -0.15) is 0 Å². The predicted molar refractivity (Wildman–Crippen MR) is 115 cm³/mol. The van der Waals surface area contributed by atoms with Gasteiger partial charge >= 0.3 is 6.03 Å². The van der Waals surface area contributed by atoms with Crippen molar-refractivity contribution in [1.29, 1.82) is 0 Å². The molecule has 0 atom stereocenters. The standard InChI is InChI=1S/C24H23N3O2/c28-23-14-11-20-15-21(26-24(29)25-16-18-7-3-1-4-8-18)12-13-22(20)27(23)17-19-9-5-2-6-10-19/h1-10,12-13,15H,11,14,16-17H2,(H2,25,26,29). The number of benzene rings is 3. The van der Waals surface area contributed by atoms with Gasteiger partial charge in [0.1, 0.15) is 0 Å². The highest BCUT2D eigenvalue weighted by Gasteiger charge is 2.24. The van der Waals surface area contributed by atoms with Crippen LogP contribution in [0.15, 0.2) is 78.9 Å². The van der Waals surface area contributed by atoms with Crippen LogP contribution >= 0.6 is 0 Å². The Labute approximate surface area is 170 Å². The summed E-state index contributed by atoms with van der Waals surface area (Å²) in [5.74, 6) is 0.127. The molecule has 1 heterocycles. The quantitative estimate of drug-likeness (QED) is 0.680. The first kappa shape index (κ1) is 18.7. The van der Waals surface area contributed by atoms with Gasteiger partial charge in [0, 0.05) is 24.3 Å². The first-order valence-electron chi connectivity index (χ1n) is 9.75. The largest absolute Gasteiger partial charge is 0.334 e. The number of anilines is 2. The van der Waals surface area contributed by atoms with Crippen molar-refractivity contribution < 1.29 is 9.59 Å². The van der Waals surface area contributed by atoms with Crippen molar-refractivity contribution in [2.75, 3.05) is 10.2 Å².